The van der Waals surface area contributed by atoms with Crippen molar-refractivity contribution >= 4 is 46.7 Å². The van der Waals surface area contributed by atoms with Crippen molar-refractivity contribution in [2.24, 2.45) is 5.10 Å². The molecule has 0 saturated heterocycles. The van der Waals surface area contributed by atoms with Crippen molar-refractivity contribution in [3.63, 3.8) is 0 Å². The molecule has 2 rings (SSSR count). The number of nitrogens with one attached hydrogen (secondary N) is 2. The molecule has 7 heteroatoms. The maximum Gasteiger partial charge on any atom is 0.259 e. The third kappa shape index (κ3) is 5.93. The van der Waals surface area contributed by atoms with E-state index in [0.29, 0.717) is 15.7 Å². The van der Waals surface area contributed by atoms with Crippen LogP contribution in [0.2, 0.25) is 10.0 Å². The zero-order valence-electron chi connectivity index (χ0n) is 14.8. The summed E-state index contributed by atoms with van der Waals surface area (Å²) < 4.78 is 0. The second kappa shape index (κ2) is 10.0. The summed E-state index contributed by atoms with van der Waals surface area (Å²) >= 11 is 11.8. The molecule has 0 aliphatic carbocycles. The molecule has 0 unspecified atom stereocenters. The third-order valence-electron chi connectivity index (χ3n) is 3.80. The van der Waals surface area contributed by atoms with Crippen LogP contribution in [0.5, 0.6) is 0 Å². The lowest BCUT2D eigenvalue weighted by Gasteiger charge is -2.20. The fourth-order valence-electron chi connectivity index (χ4n) is 2.37. The summed E-state index contributed by atoms with van der Waals surface area (Å²) in [7, 11) is 0. The van der Waals surface area contributed by atoms with Crippen molar-refractivity contribution < 1.29 is 4.79 Å². The van der Waals surface area contributed by atoms with Gasteiger partial charge in [0.25, 0.3) is 5.91 Å². The van der Waals surface area contributed by atoms with E-state index in [1.165, 1.54) is 5.69 Å². The van der Waals surface area contributed by atoms with E-state index in [1.54, 1.807) is 24.4 Å². The number of rotatable bonds is 8. The molecule has 0 aliphatic rings. The first-order valence-electron chi connectivity index (χ1n) is 8.39. The van der Waals surface area contributed by atoms with Gasteiger partial charge in [0.1, 0.15) is 0 Å². The van der Waals surface area contributed by atoms with Crippen LogP contribution in [-0.4, -0.2) is 31.8 Å². The van der Waals surface area contributed by atoms with Gasteiger partial charge in [-0.2, -0.15) is 5.10 Å². The summed E-state index contributed by atoms with van der Waals surface area (Å²) in [5, 5.41) is 7.84. The molecule has 1 amide bonds. The van der Waals surface area contributed by atoms with Crippen LogP contribution in [0.3, 0.4) is 0 Å². The predicted molar refractivity (Wildman–Crippen MR) is 111 cm³/mol. The highest BCUT2D eigenvalue weighted by atomic mass is 35.5. The van der Waals surface area contributed by atoms with Crippen LogP contribution in [0.1, 0.15) is 19.4 Å². The first kappa shape index (κ1) is 20.1. The Balaban J connectivity index is 1.81. The molecule has 26 heavy (non-hydrogen) atoms. The number of nitrogens with zero attached hydrogens (tertiary/aromatic N) is 2. The third-order valence-corrected chi connectivity index (χ3v) is 4.54. The highest BCUT2D eigenvalue weighted by Gasteiger charge is 2.03. The zero-order valence-corrected chi connectivity index (χ0v) is 16.3. The van der Waals surface area contributed by atoms with E-state index in [9.17, 15) is 4.79 Å². The molecule has 138 valence electrons. The Morgan fingerprint density at radius 1 is 1.08 bits per heavy atom. The number of halogens is 2. The highest BCUT2D eigenvalue weighted by Crippen LogP contribution is 2.24. The number of hydrazone groups is 1. The topological polar surface area (TPSA) is 56.7 Å². The van der Waals surface area contributed by atoms with Crippen LogP contribution in [0.25, 0.3) is 0 Å². The summed E-state index contributed by atoms with van der Waals surface area (Å²) in [5.41, 5.74) is 5.28. The molecule has 2 aromatic rings. The standard InChI is InChI=1S/C19H22Cl2N4O/c1-3-25(4-2)16-8-5-14(6-9-16)12-23-24-19(26)13-22-15-7-10-17(20)18(21)11-15/h5-12,22H,3-4,13H2,1-2H3,(H,24,26)/b23-12-. The SMILES string of the molecule is CCN(CC)c1ccc(/C=N\NC(=O)CNc2ccc(Cl)c(Cl)c2)cc1. The van der Waals surface area contributed by atoms with Gasteiger partial charge in [0.15, 0.2) is 0 Å². The Labute approximate surface area is 164 Å². The van der Waals surface area contributed by atoms with E-state index in [4.69, 9.17) is 23.2 Å². The van der Waals surface area contributed by atoms with E-state index < -0.39 is 0 Å². The van der Waals surface area contributed by atoms with Gasteiger partial charge in [-0.15, -0.1) is 0 Å². The lowest BCUT2D eigenvalue weighted by Crippen LogP contribution is -2.25. The minimum atomic E-state index is -0.257. The van der Waals surface area contributed by atoms with Gasteiger partial charge in [0.05, 0.1) is 22.8 Å². The van der Waals surface area contributed by atoms with Crippen LogP contribution in [-0.2, 0) is 4.79 Å². The van der Waals surface area contributed by atoms with Crippen molar-refractivity contribution in [1.29, 1.82) is 0 Å². The van der Waals surface area contributed by atoms with Crippen molar-refractivity contribution in [3.05, 3.63) is 58.1 Å². The summed E-state index contributed by atoms with van der Waals surface area (Å²) in [6, 6.07) is 13.1. The molecular weight excluding hydrogens is 371 g/mol. The minimum absolute atomic E-state index is 0.0796. The Kier molecular flexibility index (Phi) is 7.75. The molecule has 0 bridgehead atoms. The van der Waals surface area contributed by atoms with Crippen LogP contribution in [0.15, 0.2) is 47.6 Å². The molecule has 0 aliphatic heterocycles. The molecular formula is C19H22Cl2N4O. The first-order valence-corrected chi connectivity index (χ1v) is 9.15. The Morgan fingerprint density at radius 2 is 1.77 bits per heavy atom. The summed E-state index contributed by atoms with van der Waals surface area (Å²) in [5.74, 6) is -0.257. The molecule has 2 aromatic carbocycles. The zero-order chi connectivity index (χ0) is 18.9. The fourth-order valence-corrected chi connectivity index (χ4v) is 2.66. The van der Waals surface area contributed by atoms with Gasteiger partial charge >= 0.3 is 0 Å². The van der Waals surface area contributed by atoms with E-state index in [2.05, 4.69) is 34.6 Å². The lowest BCUT2D eigenvalue weighted by molar-refractivity contribution is -0.119. The van der Waals surface area contributed by atoms with Crippen molar-refractivity contribution in [2.45, 2.75) is 13.8 Å². The number of carbonyl (C=O) groups excluding carboxylic acids is 1. The molecule has 0 aromatic heterocycles. The Morgan fingerprint density at radius 3 is 2.38 bits per heavy atom. The minimum Gasteiger partial charge on any atom is -0.376 e. The largest absolute Gasteiger partial charge is 0.376 e. The fraction of sp³-hybridized carbons (Fsp3) is 0.263. The van der Waals surface area contributed by atoms with E-state index in [1.807, 2.05) is 24.3 Å². The number of amides is 1. The van der Waals surface area contributed by atoms with Crippen molar-refractivity contribution in [2.75, 3.05) is 29.9 Å². The quantitative estimate of drug-likeness (QED) is 0.516. The van der Waals surface area contributed by atoms with Crippen LogP contribution >= 0.6 is 23.2 Å². The number of anilines is 2. The van der Waals surface area contributed by atoms with Crippen LogP contribution in [0.4, 0.5) is 11.4 Å². The van der Waals surface area contributed by atoms with Gasteiger partial charge in [-0.1, -0.05) is 35.3 Å². The molecule has 5 nitrogen and oxygen atoms in total. The second-order valence-electron chi connectivity index (χ2n) is 5.54. The van der Waals surface area contributed by atoms with Gasteiger partial charge in [0, 0.05) is 24.5 Å². The molecule has 0 saturated carbocycles. The highest BCUT2D eigenvalue weighted by molar-refractivity contribution is 6.42. The Hall–Kier alpha value is -2.24. The normalized spacial score (nSPS) is 10.8. The van der Waals surface area contributed by atoms with E-state index >= 15 is 0 Å². The number of hydrogen-bond acceptors (Lipinski definition) is 4. The molecule has 0 spiro atoms. The smallest absolute Gasteiger partial charge is 0.259 e. The monoisotopic (exact) mass is 392 g/mol. The van der Waals surface area contributed by atoms with Crippen LogP contribution < -0.4 is 15.6 Å². The maximum absolute atomic E-state index is 11.8. The number of hydrogen-bond donors (Lipinski definition) is 2. The van der Waals surface area contributed by atoms with Crippen molar-refractivity contribution in [1.82, 2.24) is 5.43 Å². The van der Waals surface area contributed by atoms with Gasteiger partial charge in [-0.25, -0.2) is 5.43 Å². The predicted octanol–water partition coefficient (Wildman–Crippen LogP) is 4.40. The first-order chi connectivity index (χ1) is 12.5. The van der Waals surface area contributed by atoms with Crippen molar-refractivity contribution in [3.8, 4) is 0 Å². The van der Waals surface area contributed by atoms with E-state index in [0.717, 1.165) is 18.7 Å². The molecule has 0 radical (unpaired) electrons. The molecule has 0 heterocycles. The summed E-state index contributed by atoms with van der Waals surface area (Å²) in [4.78, 5) is 14.1. The van der Waals surface area contributed by atoms with Gasteiger partial charge in [-0.3, -0.25) is 4.79 Å². The van der Waals surface area contributed by atoms with E-state index in [-0.39, 0.29) is 12.5 Å². The van der Waals surface area contributed by atoms with Gasteiger partial charge < -0.3 is 10.2 Å². The number of benzene rings is 2. The molecule has 0 fully saturated rings. The Bertz CT molecular complexity index is 759. The van der Waals surface area contributed by atoms with Gasteiger partial charge in [0.2, 0.25) is 0 Å². The average Bonchev–Trinajstić information content (AvgIpc) is 2.65. The second-order valence-corrected chi connectivity index (χ2v) is 6.35. The molecule has 0 atom stereocenters. The maximum atomic E-state index is 11.8. The number of carbonyl (C=O) groups is 1. The average molecular weight is 393 g/mol. The summed E-state index contributed by atoms with van der Waals surface area (Å²) in [6.07, 6.45) is 1.61. The lowest BCUT2D eigenvalue weighted by atomic mass is 10.2. The summed E-state index contributed by atoms with van der Waals surface area (Å²) in [6.45, 7) is 6.26. The van der Waals surface area contributed by atoms with Gasteiger partial charge in [-0.05, 0) is 49.7 Å². The molecule has 2 N–H and O–H groups in total. The van der Waals surface area contributed by atoms with Crippen LogP contribution in [0, 0.1) is 0 Å².